The van der Waals surface area contributed by atoms with Crippen molar-refractivity contribution in [1.29, 1.82) is 0 Å². The number of ether oxygens (including phenoxy) is 2. The molecule has 0 radical (unpaired) electrons. The van der Waals surface area contributed by atoms with Crippen LogP contribution in [-0.2, 0) is 20.9 Å². The second-order valence-electron chi connectivity index (χ2n) is 4.67. The minimum absolute atomic E-state index is 0.168. The Balaban J connectivity index is 2.34. The number of aliphatic hydroxyl groups is 2. The Morgan fingerprint density at radius 2 is 1.90 bits per heavy atom. The Bertz CT molecular complexity index is 393. The molecule has 0 aliphatic heterocycles. The van der Waals surface area contributed by atoms with E-state index >= 15 is 0 Å². The SMILES string of the molecule is CCOC(=O)[C@H](O)[C@@H](O)[C@@H](C)COCc1ccccc1. The molecule has 0 fully saturated rings. The van der Waals surface area contributed by atoms with Gasteiger partial charge in [0, 0.05) is 5.92 Å². The van der Waals surface area contributed by atoms with E-state index in [1.165, 1.54) is 0 Å². The van der Waals surface area contributed by atoms with Gasteiger partial charge in [-0.15, -0.1) is 0 Å². The van der Waals surface area contributed by atoms with E-state index in [1.807, 2.05) is 30.3 Å². The van der Waals surface area contributed by atoms with Gasteiger partial charge in [-0.25, -0.2) is 4.79 Å². The number of aliphatic hydroxyl groups excluding tert-OH is 2. The number of benzene rings is 1. The third kappa shape index (κ3) is 5.28. The lowest BCUT2D eigenvalue weighted by Gasteiger charge is -2.22. The maximum absolute atomic E-state index is 11.3. The summed E-state index contributed by atoms with van der Waals surface area (Å²) in [6.45, 7) is 4.18. The molecule has 0 heterocycles. The number of hydrogen-bond acceptors (Lipinski definition) is 5. The van der Waals surface area contributed by atoms with Crippen molar-refractivity contribution in [2.75, 3.05) is 13.2 Å². The Morgan fingerprint density at radius 3 is 2.50 bits per heavy atom. The predicted octanol–water partition coefficient (Wildman–Crippen LogP) is 1.12. The normalized spacial score (nSPS) is 15.4. The number of hydrogen-bond donors (Lipinski definition) is 2. The zero-order valence-electron chi connectivity index (χ0n) is 11.9. The summed E-state index contributed by atoms with van der Waals surface area (Å²) in [5.41, 5.74) is 1.03. The molecule has 112 valence electrons. The topological polar surface area (TPSA) is 76.0 Å². The fourth-order valence-electron chi connectivity index (χ4n) is 1.71. The predicted molar refractivity (Wildman–Crippen MR) is 73.9 cm³/mol. The molecule has 20 heavy (non-hydrogen) atoms. The van der Waals surface area contributed by atoms with Gasteiger partial charge in [0.25, 0.3) is 0 Å². The zero-order chi connectivity index (χ0) is 15.0. The van der Waals surface area contributed by atoms with Gasteiger partial charge in [-0.3, -0.25) is 0 Å². The first-order valence-electron chi connectivity index (χ1n) is 6.70. The fraction of sp³-hybridized carbons (Fsp3) is 0.533. The van der Waals surface area contributed by atoms with Gasteiger partial charge in [-0.1, -0.05) is 37.3 Å². The molecule has 2 N–H and O–H groups in total. The van der Waals surface area contributed by atoms with Crippen molar-refractivity contribution in [2.45, 2.75) is 32.7 Å². The molecule has 1 aromatic carbocycles. The molecule has 0 spiro atoms. The van der Waals surface area contributed by atoms with E-state index in [1.54, 1.807) is 13.8 Å². The lowest BCUT2D eigenvalue weighted by atomic mass is 10.0. The summed E-state index contributed by atoms with van der Waals surface area (Å²) in [5.74, 6) is -1.19. The van der Waals surface area contributed by atoms with Crippen molar-refractivity contribution in [2.24, 2.45) is 5.92 Å². The van der Waals surface area contributed by atoms with Crippen molar-refractivity contribution in [1.82, 2.24) is 0 Å². The Morgan fingerprint density at radius 1 is 1.25 bits per heavy atom. The van der Waals surface area contributed by atoms with E-state index < -0.39 is 18.2 Å². The first kappa shape index (κ1) is 16.6. The largest absolute Gasteiger partial charge is 0.464 e. The van der Waals surface area contributed by atoms with Crippen LogP contribution in [0.2, 0.25) is 0 Å². The molecule has 0 aromatic heterocycles. The molecule has 3 atom stereocenters. The molecule has 0 unspecified atom stereocenters. The van der Waals surface area contributed by atoms with Gasteiger partial charge in [0.15, 0.2) is 6.10 Å². The molecule has 0 saturated heterocycles. The summed E-state index contributed by atoms with van der Waals surface area (Å²) in [6, 6.07) is 9.64. The quantitative estimate of drug-likeness (QED) is 0.699. The number of rotatable bonds is 8. The smallest absolute Gasteiger partial charge is 0.337 e. The molecule has 5 heteroatoms. The van der Waals surface area contributed by atoms with Gasteiger partial charge >= 0.3 is 5.97 Å². The van der Waals surface area contributed by atoms with Crippen LogP contribution in [0.4, 0.5) is 0 Å². The molecule has 1 aromatic rings. The second-order valence-corrected chi connectivity index (χ2v) is 4.67. The van der Waals surface area contributed by atoms with E-state index in [9.17, 15) is 15.0 Å². The molecule has 1 rings (SSSR count). The van der Waals surface area contributed by atoms with Crippen LogP contribution < -0.4 is 0 Å². The number of esters is 1. The van der Waals surface area contributed by atoms with Crippen LogP contribution in [0.25, 0.3) is 0 Å². The van der Waals surface area contributed by atoms with Crippen LogP contribution in [0.1, 0.15) is 19.4 Å². The summed E-state index contributed by atoms with van der Waals surface area (Å²) in [6.07, 6.45) is -2.74. The van der Waals surface area contributed by atoms with Crippen LogP contribution in [0.5, 0.6) is 0 Å². The Hall–Kier alpha value is -1.43. The van der Waals surface area contributed by atoms with E-state index in [0.29, 0.717) is 6.61 Å². The minimum Gasteiger partial charge on any atom is -0.464 e. The van der Waals surface area contributed by atoms with Gasteiger partial charge in [0.1, 0.15) is 0 Å². The summed E-state index contributed by atoms with van der Waals surface area (Å²) < 4.78 is 10.1. The first-order valence-corrected chi connectivity index (χ1v) is 6.70. The van der Waals surface area contributed by atoms with Crippen LogP contribution >= 0.6 is 0 Å². The van der Waals surface area contributed by atoms with Crippen LogP contribution in [0.15, 0.2) is 30.3 Å². The molecular formula is C15H22O5. The first-order chi connectivity index (χ1) is 9.56. The average molecular weight is 282 g/mol. The summed E-state index contributed by atoms with van der Waals surface area (Å²) in [5, 5.41) is 19.5. The minimum atomic E-state index is -1.54. The molecule has 5 nitrogen and oxygen atoms in total. The van der Waals surface area contributed by atoms with Crippen LogP contribution in [0, 0.1) is 5.92 Å². The average Bonchev–Trinajstić information content (AvgIpc) is 2.47. The fourth-order valence-corrected chi connectivity index (χ4v) is 1.71. The highest BCUT2D eigenvalue weighted by atomic mass is 16.5. The van der Waals surface area contributed by atoms with Crippen molar-refractivity contribution in [3.63, 3.8) is 0 Å². The van der Waals surface area contributed by atoms with Crippen molar-refractivity contribution < 1.29 is 24.5 Å². The molecule has 0 aliphatic rings. The van der Waals surface area contributed by atoms with Crippen molar-refractivity contribution >= 4 is 5.97 Å². The van der Waals surface area contributed by atoms with E-state index in [2.05, 4.69) is 4.74 Å². The maximum atomic E-state index is 11.3. The zero-order valence-corrected chi connectivity index (χ0v) is 11.9. The Kier molecular flexibility index (Phi) is 7.22. The van der Waals surface area contributed by atoms with Gasteiger partial charge in [0.05, 0.1) is 25.9 Å². The van der Waals surface area contributed by atoms with Crippen molar-refractivity contribution in [3.05, 3.63) is 35.9 Å². The summed E-state index contributed by atoms with van der Waals surface area (Å²) in [7, 11) is 0. The van der Waals surface area contributed by atoms with Crippen LogP contribution in [-0.4, -0.2) is 41.6 Å². The second kappa shape index (κ2) is 8.68. The number of carbonyl (C=O) groups is 1. The Labute approximate surface area is 119 Å². The molecule has 0 aliphatic carbocycles. The van der Waals surface area contributed by atoms with E-state index in [0.717, 1.165) is 5.56 Å². The molecule has 0 bridgehead atoms. The molecule has 0 amide bonds. The highest BCUT2D eigenvalue weighted by Crippen LogP contribution is 2.11. The van der Waals surface area contributed by atoms with Crippen LogP contribution in [0.3, 0.4) is 0 Å². The maximum Gasteiger partial charge on any atom is 0.337 e. The van der Waals surface area contributed by atoms with E-state index in [-0.39, 0.29) is 19.1 Å². The third-order valence-corrected chi connectivity index (χ3v) is 2.93. The number of carbonyl (C=O) groups excluding carboxylic acids is 1. The van der Waals surface area contributed by atoms with Gasteiger partial charge < -0.3 is 19.7 Å². The van der Waals surface area contributed by atoms with Gasteiger partial charge in [-0.2, -0.15) is 0 Å². The highest BCUT2D eigenvalue weighted by Gasteiger charge is 2.29. The summed E-state index contributed by atoms with van der Waals surface area (Å²) >= 11 is 0. The van der Waals surface area contributed by atoms with Gasteiger partial charge in [-0.05, 0) is 12.5 Å². The standard InChI is InChI=1S/C15H22O5/c1-3-20-15(18)14(17)13(16)11(2)9-19-10-12-7-5-4-6-8-12/h4-8,11,13-14,16-17H,3,9-10H2,1-2H3/t11-,13-,14+/m0/s1. The molecule has 0 saturated carbocycles. The van der Waals surface area contributed by atoms with Gasteiger partial charge in [0.2, 0.25) is 0 Å². The molecular weight excluding hydrogens is 260 g/mol. The lowest BCUT2D eigenvalue weighted by molar-refractivity contribution is -0.162. The van der Waals surface area contributed by atoms with Crippen molar-refractivity contribution in [3.8, 4) is 0 Å². The third-order valence-electron chi connectivity index (χ3n) is 2.93. The highest BCUT2D eigenvalue weighted by molar-refractivity contribution is 5.75. The summed E-state index contributed by atoms with van der Waals surface area (Å²) in [4.78, 5) is 11.3. The monoisotopic (exact) mass is 282 g/mol. The van der Waals surface area contributed by atoms with E-state index in [4.69, 9.17) is 4.74 Å². The lowest BCUT2D eigenvalue weighted by Crippen LogP contribution is -2.40.